The molecule has 1 heterocycles. The van der Waals surface area contributed by atoms with Crippen LogP contribution in [0.5, 0.6) is 28.7 Å². The average Bonchev–Trinajstić information content (AvgIpc) is 2.67. The monoisotopic (exact) mass is 345 g/mol. The first-order valence-corrected chi connectivity index (χ1v) is 8.13. The molecule has 0 fully saturated rings. The molecule has 0 radical (unpaired) electrons. The second-order valence-electron chi connectivity index (χ2n) is 5.65. The molecule has 2 aromatic rings. The molecule has 1 aliphatic heterocycles. The van der Waals surface area contributed by atoms with Crippen molar-refractivity contribution in [1.82, 2.24) is 5.32 Å². The molecule has 1 N–H and O–H groups in total. The van der Waals surface area contributed by atoms with Gasteiger partial charge in [-0.1, -0.05) is 12.1 Å². The molecule has 6 nitrogen and oxygen atoms in total. The molecule has 6 heteroatoms. The lowest BCUT2D eigenvalue weighted by molar-refractivity contribution is 0.0902. The van der Waals surface area contributed by atoms with Crippen molar-refractivity contribution in [3.8, 4) is 28.7 Å². The molecule has 25 heavy (non-hydrogen) atoms. The summed E-state index contributed by atoms with van der Waals surface area (Å²) < 4.78 is 27.8. The van der Waals surface area contributed by atoms with E-state index in [-0.39, 0.29) is 6.10 Å². The SMILES string of the molecule is COc1cc(OC)c(OC)cc1CNC[C@@H]1COc2ccccc2O1. The highest BCUT2D eigenvalue weighted by Crippen LogP contribution is 2.34. The van der Waals surface area contributed by atoms with Gasteiger partial charge in [0, 0.05) is 24.7 Å². The van der Waals surface area contributed by atoms with Crippen LogP contribution >= 0.6 is 0 Å². The molecule has 0 unspecified atom stereocenters. The van der Waals surface area contributed by atoms with E-state index in [1.165, 1.54) is 0 Å². The number of hydrogen-bond donors (Lipinski definition) is 1. The zero-order valence-corrected chi connectivity index (χ0v) is 14.7. The minimum Gasteiger partial charge on any atom is -0.496 e. The minimum absolute atomic E-state index is 0.0407. The molecular formula is C19H23NO5. The van der Waals surface area contributed by atoms with Crippen molar-refractivity contribution in [2.45, 2.75) is 12.6 Å². The molecule has 0 saturated carbocycles. The highest BCUT2D eigenvalue weighted by Gasteiger charge is 2.20. The Morgan fingerprint density at radius 1 is 0.960 bits per heavy atom. The lowest BCUT2D eigenvalue weighted by Gasteiger charge is -2.26. The van der Waals surface area contributed by atoms with E-state index < -0.39 is 0 Å². The standard InChI is InChI=1S/C19H23NO5/c1-21-17-9-19(23-3)18(22-2)8-13(17)10-20-11-14-12-24-15-6-4-5-7-16(15)25-14/h4-9,14,20H,10-12H2,1-3H3/t14-/m1/s1. The molecule has 3 rings (SSSR count). The van der Waals surface area contributed by atoms with E-state index in [1.54, 1.807) is 21.3 Å². The molecule has 0 saturated heterocycles. The fraction of sp³-hybridized carbons (Fsp3) is 0.368. The summed E-state index contributed by atoms with van der Waals surface area (Å²) in [5, 5.41) is 3.38. The van der Waals surface area contributed by atoms with Crippen LogP contribution in [0.15, 0.2) is 36.4 Å². The summed E-state index contributed by atoms with van der Waals surface area (Å²) in [6.45, 7) is 1.80. The van der Waals surface area contributed by atoms with Gasteiger partial charge in [-0.15, -0.1) is 0 Å². The topological polar surface area (TPSA) is 58.2 Å². The summed E-state index contributed by atoms with van der Waals surface area (Å²) in [5.74, 6) is 3.64. The van der Waals surface area contributed by atoms with Crippen molar-refractivity contribution >= 4 is 0 Å². The second-order valence-corrected chi connectivity index (χ2v) is 5.65. The Morgan fingerprint density at radius 3 is 2.36 bits per heavy atom. The Morgan fingerprint density at radius 2 is 1.64 bits per heavy atom. The number of rotatable bonds is 7. The summed E-state index contributed by atoms with van der Waals surface area (Å²) in [5.41, 5.74) is 0.984. The maximum absolute atomic E-state index is 5.94. The van der Waals surface area contributed by atoms with Gasteiger partial charge < -0.3 is 29.0 Å². The number of fused-ring (bicyclic) bond motifs is 1. The molecule has 0 spiro atoms. The normalized spacial score (nSPS) is 15.6. The van der Waals surface area contributed by atoms with Crippen LogP contribution in [-0.4, -0.2) is 40.6 Å². The Labute approximate surface area is 147 Å². The van der Waals surface area contributed by atoms with Crippen molar-refractivity contribution in [2.75, 3.05) is 34.5 Å². The molecule has 0 bridgehead atoms. The third kappa shape index (κ3) is 3.91. The summed E-state index contributed by atoms with van der Waals surface area (Å²) in [4.78, 5) is 0. The van der Waals surface area contributed by atoms with Crippen LogP contribution in [0.1, 0.15) is 5.56 Å². The number of hydrogen-bond acceptors (Lipinski definition) is 6. The summed E-state index contributed by atoms with van der Waals surface area (Å²) in [6, 6.07) is 11.4. The van der Waals surface area contributed by atoms with Gasteiger partial charge in [0.2, 0.25) is 0 Å². The van der Waals surface area contributed by atoms with Crippen molar-refractivity contribution in [3.05, 3.63) is 42.0 Å². The maximum Gasteiger partial charge on any atom is 0.164 e. The van der Waals surface area contributed by atoms with Crippen LogP contribution in [0, 0.1) is 0 Å². The Hall–Kier alpha value is -2.60. The van der Waals surface area contributed by atoms with Crippen LogP contribution in [-0.2, 0) is 6.54 Å². The summed E-state index contributed by atoms with van der Waals surface area (Å²) >= 11 is 0. The molecule has 1 aliphatic rings. The van der Waals surface area contributed by atoms with E-state index in [4.69, 9.17) is 23.7 Å². The lowest BCUT2D eigenvalue weighted by atomic mass is 10.1. The third-order valence-corrected chi connectivity index (χ3v) is 4.04. The van der Waals surface area contributed by atoms with Gasteiger partial charge in [0.25, 0.3) is 0 Å². The fourth-order valence-corrected chi connectivity index (χ4v) is 2.76. The van der Waals surface area contributed by atoms with Gasteiger partial charge in [-0.3, -0.25) is 0 Å². The maximum atomic E-state index is 5.94. The van der Waals surface area contributed by atoms with Gasteiger partial charge in [0.05, 0.1) is 21.3 Å². The molecule has 0 amide bonds. The second kappa shape index (κ2) is 7.98. The van der Waals surface area contributed by atoms with E-state index in [2.05, 4.69) is 5.32 Å². The van der Waals surface area contributed by atoms with E-state index in [1.807, 2.05) is 36.4 Å². The van der Waals surface area contributed by atoms with E-state index in [0.717, 1.165) is 22.8 Å². The first-order chi connectivity index (χ1) is 12.2. The van der Waals surface area contributed by atoms with E-state index in [0.29, 0.717) is 31.2 Å². The van der Waals surface area contributed by atoms with Gasteiger partial charge in [0.1, 0.15) is 18.5 Å². The fourth-order valence-electron chi connectivity index (χ4n) is 2.76. The van der Waals surface area contributed by atoms with Gasteiger partial charge in [-0.05, 0) is 18.2 Å². The van der Waals surface area contributed by atoms with Crippen LogP contribution in [0.2, 0.25) is 0 Å². The van der Waals surface area contributed by atoms with E-state index >= 15 is 0 Å². The highest BCUT2D eigenvalue weighted by molar-refractivity contribution is 5.50. The Bertz CT molecular complexity index is 719. The number of benzene rings is 2. The van der Waals surface area contributed by atoms with Crippen molar-refractivity contribution < 1.29 is 23.7 Å². The van der Waals surface area contributed by atoms with E-state index in [9.17, 15) is 0 Å². The molecule has 134 valence electrons. The predicted octanol–water partition coefficient (Wildman–Crippen LogP) is 2.64. The highest BCUT2D eigenvalue weighted by atomic mass is 16.6. The smallest absolute Gasteiger partial charge is 0.164 e. The molecule has 0 aliphatic carbocycles. The average molecular weight is 345 g/mol. The number of nitrogens with one attached hydrogen (secondary N) is 1. The van der Waals surface area contributed by atoms with Crippen LogP contribution in [0.4, 0.5) is 0 Å². The van der Waals surface area contributed by atoms with Crippen molar-refractivity contribution in [3.63, 3.8) is 0 Å². The first kappa shape index (κ1) is 17.2. The Balaban J connectivity index is 1.61. The first-order valence-electron chi connectivity index (χ1n) is 8.13. The lowest BCUT2D eigenvalue weighted by Crippen LogP contribution is -2.38. The molecular weight excluding hydrogens is 322 g/mol. The quantitative estimate of drug-likeness (QED) is 0.833. The number of para-hydroxylation sites is 2. The van der Waals surface area contributed by atoms with Crippen LogP contribution in [0.25, 0.3) is 0 Å². The van der Waals surface area contributed by atoms with Crippen LogP contribution < -0.4 is 29.0 Å². The molecule has 1 atom stereocenters. The zero-order valence-electron chi connectivity index (χ0n) is 14.7. The van der Waals surface area contributed by atoms with Crippen LogP contribution in [0.3, 0.4) is 0 Å². The largest absolute Gasteiger partial charge is 0.496 e. The summed E-state index contributed by atoms with van der Waals surface area (Å²) in [7, 11) is 4.86. The van der Waals surface area contributed by atoms with Gasteiger partial charge in [0.15, 0.2) is 23.0 Å². The number of ether oxygens (including phenoxy) is 5. The molecule has 0 aromatic heterocycles. The van der Waals surface area contributed by atoms with Gasteiger partial charge in [-0.2, -0.15) is 0 Å². The van der Waals surface area contributed by atoms with Crippen molar-refractivity contribution in [1.29, 1.82) is 0 Å². The predicted molar refractivity (Wildman–Crippen MR) is 94.2 cm³/mol. The number of methoxy groups -OCH3 is 3. The third-order valence-electron chi connectivity index (χ3n) is 4.04. The van der Waals surface area contributed by atoms with Gasteiger partial charge >= 0.3 is 0 Å². The summed E-state index contributed by atoms with van der Waals surface area (Å²) in [6.07, 6.45) is -0.0407. The Kier molecular flexibility index (Phi) is 5.50. The minimum atomic E-state index is -0.0407. The zero-order chi connectivity index (χ0) is 17.6. The van der Waals surface area contributed by atoms with Crippen molar-refractivity contribution in [2.24, 2.45) is 0 Å². The molecule has 2 aromatic carbocycles. The van der Waals surface area contributed by atoms with Gasteiger partial charge in [-0.25, -0.2) is 0 Å².